The molecule has 0 bridgehead atoms. The first-order valence-corrected chi connectivity index (χ1v) is 14.1. The molecule has 9 nitrogen and oxygen atoms in total. The molecule has 0 saturated heterocycles. The SMILES string of the molecule is CCOC(=O)[C@H](Cc1ccc(F)cc1)C(=O)N(C)[C@H](C(=O)N(C)[C@@H](Cc1ccc(O)c(C(C)(C)C)c1)C(N)=O)C(C)C. The summed E-state index contributed by atoms with van der Waals surface area (Å²) in [7, 11) is 2.89. The second-order valence-electron chi connectivity index (χ2n) is 11.9. The van der Waals surface area contributed by atoms with Crippen LogP contribution in [0, 0.1) is 17.7 Å². The topological polar surface area (TPSA) is 130 Å². The Bertz CT molecular complexity index is 1270. The van der Waals surface area contributed by atoms with Crippen LogP contribution in [0.4, 0.5) is 4.39 Å². The normalized spacial score (nSPS) is 13.7. The molecule has 0 spiro atoms. The van der Waals surface area contributed by atoms with Gasteiger partial charge in [-0.1, -0.05) is 58.9 Å². The lowest BCUT2D eigenvalue weighted by atomic mass is 9.84. The number of carbonyl (C=O) groups excluding carboxylic acids is 4. The number of rotatable bonds is 12. The second-order valence-corrected chi connectivity index (χ2v) is 11.9. The first-order valence-electron chi connectivity index (χ1n) is 14.1. The fraction of sp³-hybridized carbons (Fsp3) is 0.500. The number of halogens is 1. The van der Waals surface area contributed by atoms with Crippen molar-refractivity contribution >= 4 is 23.7 Å². The fourth-order valence-electron chi connectivity index (χ4n) is 4.98. The van der Waals surface area contributed by atoms with Crippen LogP contribution in [0.1, 0.15) is 58.2 Å². The minimum atomic E-state index is -1.26. The van der Waals surface area contributed by atoms with Gasteiger partial charge >= 0.3 is 5.97 Å². The van der Waals surface area contributed by atoms with Gasteiger partial charge in [-0.25, -0.2) is 4.39 Å². The molecule has 10 heteroatoms. The first kappa shape index (κ1) is 34.3. The molecule has 0 heterocycles. The molecule has 0 aliphatic rings. The fourth-order valence-corrected chi connectivity index (χ4v) is 4.98. The number of ether oxygens (including phenoxy) is 1. The first-order chi connectivity index (χ1) is 19.5. The van der Waals surface area contributed by atoms with E-state index in [1.54, 1.807) is 39.0 Å². The molecule has 2 aromatic rings. The van der Waals surface area contributed by atoms with Crippen LogP contribution in [-0.4, -0.2) is 71.4 Å². The van der Waals surface area contributed by atoms with Crippen molar-refractivity contribution in [2.75, 3.05) is 20.7 Å². The summed E-state index contributed by atoms with van der Waals surface area (Å²) in [4.78, 5) is 55.5. The maximum Gasteiger partial charge on any atom is 0.318 e. The van der Waals surface area contributed by atoms with Crippen LogP contribution in [0.15, 0.2) is 42.5 Å². The molecule has 230 valence electrons. The van der Waals surface area contributed by atoms with Gasteiger partial charge in [-0.15, -0.1) is 0 Å². The summed E-state index contributed by atoms with van der Waals surface area (Å²) >= 11 is 0. The van der Waals surface area contributed by atoms with E-state index in [2.05, 4.69) is 0 Å². The number of amides is 3. The van der Waals surface area contributed by atoms with Crippen molar-refractivity contribution in [1.29, 1.82) is 0 Å². The highest BCUT2D eigenvalue weighted by atomic mass is 19.1. The van der Waals surface area contributed by atoms with Gasteiger partial charge in [0, 0.05) is 20.5 Å². The molecule has 42 heavy (non-hydrogen) atoms. The molecule has 2 aromatic carbocycles. The number of primary amides is 1. The lowest BCUT2D eigenvalue weighted by Gasteiger charge is -2.37. The van der Waals surface area contributed by atoms with Crippen molar-refractivity contribution in [3.63, 3.8) is 0 Å². The summed E-state index contributed by atoms with van der Waals surface area (Å²) in [5, 5.41) is 10.3. The van der Waals surface area contributed by atoms with Crippen molar-refractivity contribution in [2.24, 2.45) is 17.6 Å². The van der Waals surface area contributed by atoms with Crippen LogP contribution < -0.4 is 5.73 Å². The zero-order chi connectivity index (χ0) is 31.9. The summed E-state index contributed by atoms with van der Waals surface area (Å²) < 4.78 is 18.6. The number of nitrogens with two attached hydrogens (primary N) is 1. The zero-order valence-electron chi connectivity index (χ0n) is 25.8. The number of benzene rings is 2. The van der Waals surface area contributed by atoms with Gasteiger partial charge in [0.2, 0.25) is 17.7 Å². The quantitative estimate of drug-likeness (QED) is 0.289. The summed E-state index contributed by atoms with van der Waals surface area (Å²) in [5.41, 5.74) is 7.34. The molecule has 3 amide bonds. The number of phenols is 1. The van der Waals surface area contributed by atoms with E-state index in [0.29, 0.717) is 16.7 Å². The Hall–Kier alpha value is -3.95. The van der Waals surface area contributed by atoms with Crippen molar-refractivity contribution in [2.45, 2.75) is 71.9 Å². The smallest absolute Gasteiger partial charge is 0.318 e. The number of carbonyl (C=O) groups is 4. The standard InChI is InChI=1S/C32H44FN3O6/c1-9-42-31(41)23(16-20-10-13-22(33)14-11-20)29(39)36(8)27(19(2)3)30(40)35(7)25(28(34)38)18-21-12-15-26(37)24(17-21)32(4,5)6/h10-15,17,19,23,25,27,37H,9,16,18H2,1-8H3,(H2,34,38)/t23-,25+,27+/m1/s1. The van der Waals surface area contributed by atoms with Gasteiger partial charge in [-0.2, -0.15) is 0 Å². The second kappa shape index (κ2) is 14.3. The van der Waals surface area contributed by atoms with Crippen molar-refractivity contribution in [3.05, 3.63) is 65.0 Å². The van der Waals surface area contributed by atoms with Gasteiger partial charge in [-0.3, -0.25) is 19.2 Å². The number of phenolic OH excluding ortho intramolecular Hbond substituents is 1. The monoisotopic (exact) mass is 585 g/mol. The minimum absolute atomic E-state index is 0.0436. The molecule has 0 saturated carbocycles. The van der Waals surface area contributed by atoms with E-state index in [4.69, 9.17) is 10.5 Å². The van der Waals surface area contributed by atoms with E-state index >= 15 is 0 Å². The van der Waals surface area contributed by atoms with Gasteiger partial charge in [0.1, 0.15) is 29.6 Å². The third-order valence-electron chi connectivity index (χ3n) is 7.31. The van der Waals surface area contributed by atoms with Crippen LogP contribution in [-0.2, 0) is 42.2 Å². The van der Waals surface area contributed by atoms with Crippen molar-refractivity contribution in [1.82, 2.24) is 9.80 Å². The van der Waals surface area contributed by atoms with Crippen LogP contribution in [0.3, 0.4) is 0 Å². The molecule has 0 fully saturated rings. The Morgan fingerprint density at radius 1 is 0.929 bits per heavy atom. The minimum Gasteiger partial charge on any atom is -0.508 e. The summed E-state index contributed by atoms with van der Waals surface area (Å²) in [6.45, 7) is 11.0. The molecular weight excluding hydrogens is 541 g/mol. The molecule has 0 aliphatic carbocycles. The molecule has 0 aromatic heterocycles. The molecule has 3 N–H and O–H groups in total. The van der Waals surface area contributed by atoms with E-state index < -0.39 is 53.4 Å². The van der Waals surface area contributed by atoms with E-state index in [1.807, 2.05) is 20.8 Å². The lowest BCUT2D eigenvalue weighted by molar-refractivity contribution is -0.159. The molecule has 0 unspecified atom stereocenters. The number of nitrogens with zero attached hydrogens (tertiary/aromatic N) is 2. The Morgan fingerprint density at radius 2 is 1.50 bits per heavy atom. The van der Waals surface area contributed by atoms with Crippen molar-refractivity contribution in [3.8, 4) is 5.75 Å². The largest absolute Gasteiger partial charge is 0.508 e. The predicted molar refractivity (Wildman–Crippen MR) is 158 cm³/mol. The van der Waals surface area contributed by atoms with E-state index in [0.717, 1.165) is 0 Å². The van der Waals surface area contributed by atoms with Crippen LogP contribution in [0.2, 0.25) is 0 Å². The third kappa shape index (κ3) is 8.53. The lowest BCUT2D eigenvalue weighted by Crippen LogP contribution is -2.57. The van der Waals surface area contributed by atoms with E-state index in [9.17, 15) is 28.7 Å². The number of aromatic hydroxyl groups is 1. The molecule has 3 atom stereocenters. The average Bonchev–Trinajstić information content (AvgIpc) is 2.90. The Labute approximate surface area is 247 Å². The van der Waals surface area contributed by atoms with Gasteiger partial charge in [0.15, 0.2) is 0 Å². The maximum absolute atomic E-state index is 13.9. The Balaban J connectivity index is 2.38. The average molecular weight is 586 g/mol. The van der Waals surface area contributed by atoms with Gasteiger partial charge in [0.05, 0.1) is 6.61 Å². The molecule has 0 aliphatic heterocycles. The van der Waals surface area contributed by atoms with E-state index in [1.165, 1.54) is 48.2 Å². The number of likely N-dealkylation sites (N-methyl/N-ethyl adjacent to an activating group) is 2. The third-order valence-corrected chi connectivity index (χ3v) is 7.31. The maximum atomic E-state index is 13.9. The summed E-state index contributed by atoms with van der Waals surface area (Å²) in [6, 6.07) is 8.40. The number of hydrogen-bond acceptors (Lipinski definition) is 6. The Kier molecular flexibility index (Phi) is 11.7. The summed E-state index contributed by atoms with van der Waals surface area (Å²) in [5.74, 6) is -4.62. The molecule has 0 radical (unpaired) electrons. The van der Waals surface area contributed by atoms with E-state index in [-0.39, 0.29) is 30.6 Å². The Morgan fingerprint density at radius 3 is 2.00 bits per heavy atom. The molecular formula is C32H44FN3O6. The van der Waals surface area contributed by atoms with Crippen molar-refractivity contribution < 1.29 is 33.4 Å². The number of esters is 1. The van der Waals surface area contributed by atoms with Crippen LogP contribution in [0.25, 0.3) is 0 Å². The van der Waals surface area contributed by atoms with Gasteiger partial charge in [-0.05, 0) is 59.6 Å². The van der Waals surface area contributed by atoms with Gasteiger partial charge < -0.3 is 25.4 Å². The zero-order valence-corrected chi connectivity index (χ0v) is 25.8. The highest BCUT2D eigenvalue weighted by Crippen LogP contribution is 2.32. The summed E-state index contributed by atoms with van der Waals surface area (Å²) in [6.07, 6.45) is 0.0530. The highest BCUT2D eigenvalue weighted by Gasteiger charge is 2.40. The molecule has 2 rings (SSSR count). The van der Waals surface area contributed by atoms with Crippen LogP contribution in [0.5, 0.6) is 5.75 Å². The van der Waals surface area contributed by atoms with Gasteiger partial charge in [0.25, 0.3) is 0 Å². The number of hydrogen-bond donors (Lipinski definition) is 2. The predicted octanol–water partition coefficient (Wildman–Crippen LogP) is 3.59. The van der Waals surface area contributed by atoms with Crippen LogP contribution >= 0.6 is 0 Å². The highest BCUT2D eigenvalue weighted by molar-refractivity contribution is 6.00.